The molecule has 0 aromatic heterocycles. The van der Waals surface area contributed by atoms with E-state index in [9.17, 15) is 0 Å². The third-order valence-corrected chi connectivity index (χ3v) is 10.5. The predicted molar refractivity (Wildman–Crippen MR) is 216 cm³/mol. The van der Waals surface area contributed by atoms with Crippen molar-refractivity contribution in [1.29, 1.82) is 0 Å². The Morgan fingerprint density at radius 1 is 0.860 bits per heavy atom. The highest BCUT2D eigenvalue weighted by Crippen LogP contribution is 2.48. The van der Waals surface area contributed by atoms with Crippen LogP contribution in [0, 0.1) is 6.92 Å². The number of fused-ring (bicyclic) bond motifs is 1. The normalized spacial score (nSPS) is 17.8. The molecule has 0 amide bonds. The van der Waals surface area contributed by atoms with E-state index in [2.05, 4.69) is 174 Å². The van der Waals surface area contributed by atoms with Crippen molar-refractivity contribution in [1.82, 2.24) is 0 Å². The molecule has 1 heterocycles. The van der Waals surface area contributed by atoms with Gasteiger partial charge in [0.2, 0.25) is 0 Å². The largest absolute Gasteiger partial charge is 0.344 e. The lowest BCUT2D eigenvalue weighted by molar-refractivity contribution is 0.633. The van der Waals surface area contributed by atoms with Crippen LogP contribution in [0.2, 0.25) is 5.02 Å². The van der Waals surface area contributed by atoms with Gasteiger partial charge in [0, 0.05) is 57.4 Å². The van der Waals surface area contributed by atoms with Gasteiger partial charge in [0.1, 0.15) is 0 Å². The van der Waals surface area contributed by atoms with Crippen molar-refractivity contribution < 1.29 is 0 Å². The van der Waals surface area contributed by atoms with Gasteiger partial charge in [-0.1, -0.05) is 118 Å². The molecule has 0 spiro atoms. The number of aryl methyl sites for hydroxylation is 1. The van der Waals surface area contributed by atoms with Crippen LogP contribution in [-0.4, -0.2) is 18.8 Å². The minimum Gasteiger partial charge on any atom is -0.344 e. The lowest BCUT2D eigenvalue weighted by atomic mass is 9.79. The van der Waals surface area contributed by atoms with Gasteiger partial charge in [0.05, 0.1) is 5.70 Å². The van der Waals surface area contributed by atoms with Crippen LogP contribution in [0.25, 0.3) is 0 Å². The molecule has 0 N–H and O–H groups in total. The zero-order chi connectivity index (χ0) is 35.5. The second-order valence-electron chi connectivity index (χ2n) is 14.3. The van der Waals surface area contributed by atoms with Crippen molar-refractivity contribution in [2.75, 3.05) is 22.9 Å². The number of rotatable bonds is 10. The highest BCUT2D eigenvalue weighted by Gasteiger charge is 2.39. The highest BCUT2D eigenvalue weighted by molar-refractivity contribution is 6.30. The molecule has 0 fully saturated rings. The predicted octanol–water partition coefficient (Wildman–Crippen LogP) is 12.5. The van der Waals surface area contributed by atoms with Crippen molar-refractivity contribution in [3.05, 3.63) is 172 Å². The molecule has 4 aromatic carbocycles. The average molecular weight is 680 g/mol. The van der Waals surface area contributed by atoms with Gasteiger partial charge in [-0.3, -0.25) is 4.99 Å². The van der Waals surface area contributed by atoms with Gasteiger partial charge in [-0.15, -0.1) is 0 Å². The van der Waals surface area contributed by atoms with Gasteiger partial charge in [-0.05, 0) is 111 Å². The van der Waals surface area contributed by atoms with Gasteiger partial charge < -0.3 is 9.80 Å². The van der Waals surface area contributed by atoms with E-state index < -0.39 is 0 Å². The Morgan fingerprint density at radius 2 is 1.54 bits per heavy atom. The molecule has 2 aliphatic rings. The van der Waals surface area contributed by atoms with E-state index in [0.29, 0.717) is 6.54 Å². The van der Waals surface area contributed by atoms with Crippen molar-refractivity contribution in [3.8, 4) is 0 Å². The fourth-order valence-electron chi connectivity index (χ4n) is 7.53. The van der Waals surface area contributed by atoms with Crippen LogP contribution >= 0.6 is 11.6 Å². The van der Waals surface area contributed by atoms with Crippen LogP contribution in [0.4, 0.5) is 17.1 Å². The van der Waals surface area contributed by atoms with E-state index in [4.69, 9.17) is 16.6 Å². The number of hydrogen-bond donors (Lipinski definition) is 0. The van der Waals surface area contributed by atoms with Gasteiger partial charge in [0.15, 0.2) is 0 Å². The minimum atomic E-state index is -0.316. The summed E-state index contributed by atoms with van der Waals surface area (Å²) in [6, 6.07) is 36.6. The summed E-state index contributed by atoms with van der Waals surface area (Å²) in [5, 5.41) is 0.742. The molecule has 4 aromatic rings. The highest BCUT2D eigenvalue weighted by atomic mass is 35.5. The van der Waals surface area contributed by atoms with Crippen LogP contribution in [0.15, 0.2) is 155 Å². The average Bonchev–Trinajstić information content (AvgIpc) is 3.60. The third kappa shape index (κ3) is 6.89. The summed E-state index contributed by atoms with van der Waals surface area (Å²) in [5.74, 6) is 0. The molecule has 0 unspecified atom stereocenters. The monoisotopic (exact) mass is 679 g/mol. The fourth-order valence-corrected chi connectivity index (χ4v) is 7.72. The number of aliphatic imine (C=N–C) groups is 1. The molecule has 256 valence electrons. The Kier molecular flexibility index (Phi) is 10.4. The topological polar surface area (TPSA) is 18.8 Å². The molecule has 1 aliphatic carbocycles. The molecule has 0 saturated heterocycles. The summed E-state index contributed by atoms with van der Waals surface area (Å²) in [5.41, 5.74) is 13.3. The molecule has 0 bridgehead atoms. The zero-order valence-electron chi connectivity index (χ0n) is 30.7. The van der Waals surface area contributed by atoms with Crippen molar-refractivity contribution in [3.63, 3.8) is 0 Å². The zero-order valence-corrected chi connectivity index (χ0v) is 31.4. The maximum Gasteiger partial charge on any atom is 0.0525 e. The smallest absolute Gasteiger partial charge is 0.0525 e. The number of benzene rings is 4. The van der Waals surface area contributed by atoms with Gasteiger partial charge in [-0.25, -0.2) is 0 Å². The summed E-state index contributed by atoms with van der Waals surface area (Å²) in [7, 11) is 0. The molecule has 0 atom stereocenters. The number of likely N-dealkylation sites (N-methyl/N-ethyl adjacent to an activating group) is 1. The molecule has 6 rings (SSSR count). The molecular weight excluding hydrogens is 630 g/mol. The first-order chi connectivity index (χ1) is 24.1. The standard InChI is InChI=1S/C46H50ClN3/c1-8-48-42(45(4,5)36-17-16-18-37(47)32-36)29-26-34-24-25-35(44(34)50(38-19-12-10-13-20-38)39-21-14-11-15-22-39)27-30-43-46(6,7)40-31-33(3)23-28-41(40)49(43)9-2/h10-23,26-32H,8-9,24-25H2,1-7H3/b29-26+,35-27+,43-30+,48-42?. The van der Waals surface area contributed by atoms with E-state index in [1.165, 1.54) is 39.4 Å². The van der Waals surface area contributed by atoms with Crippen molar-refractivity contribution >= 4 is 34.4 Å². The van der Waals surface area contributed by atoms with Crippen LogP contribution in [0.3, 0.4) is 0 Å². The molecular formula is C46H50ClN3. The number of nitrogens with zero attached hydrogens (tertiary/aromatic N) is 3. The summed E-state index contributed by atoms with van der Waals surface area (Å²) < 4.78 is 0. The Bertz CT molecular complexity index is 1950. The SMILES string of the molecule is CCN=C(/C=C/C1=C(N(c2ccccc2)c2ccccc2)C(=C/C=C2/N(CC)c3ccc(C)cc3C2(C)C)/CC1)C(C)(C)c1cccc(Cl)c1. The summed E-state index contributed by atoms with van der Waals surface area (Å²) in [6.45, 7) is 17.4. The fraction of sp³-hybridized carbons (Fsp3) is 0.283. The van der Waals surface area contributed by atoms with Gasteiger partial charge >= 0.3 is 0 Å². The molecule has 1 aliphatic heterocycles. The molecule has 3 nitrogen and oxygen atoms in total. The second-order valence-corrected chi connectivity index (χ2v) is 14.8. The quantitative estimate of drug-likeness (QED) is 0.155. The maximum absolute atomic E-state index is 6.46. The van der Waals surface area contributed by atoms with Crippen molar-refractivity contribution in [2.45, 2.75) is 72.1 Å². The molecule has 0 saturated carbocycles. The Balaban J connectivity index is 1.51. The molecule has 4 heteroatoms. The number of hydrogen-bond acceptors (Lipinski definition) is 3. The summed E-state index contributed by atoms with van der Waals surface area (Å²) in [6.07, 6.45) is 11.2. The number of para-hydroxylation sites is 2. The van der Waals surface area contributed by atoms with E-state index in [0.717, 1.165) is 47.1 Å². The number of allylic oxidation sites excluding steroid dienone is 7. The lowest BCUT2D eigenvalue weighted by Gasteiger charge is -2.29. The van der Waals surface area contributed by atoms with E-state index in [1.54, 1.807) is 0 Å². The third-order valence-electron chi connectivity index (χ3n) is 10.3. The molecule has 0 radical (unpaired) electrons. The van der Waals surface area contributed by atoms with Crippen LogP contribution in [0.5, 0.6) is 0 Å². The first-order valence-corrected chi connectivity index (χ1v) is 18.4. The summed E-state index contributed by atoms with van der Waals surface area (Å²) >= 11 is 6.46. The summed E-state index contributed by atoms with van der Waals surface area (Å²) in [4.78, 5) is 9.96. The minimum absolute atomic E-state index is 0.102. The first-order valence-electron chi connectivity index (χ1n) is 18.0. The van der Waals surface area contributed by atoms with Gasteiger partial charge in [0.25, 0.3) is 0 Å². The van der Waals surface area contributed by atoms with Crippen LogP contribution in [0.1, 0.15) is 71.1 Å². The second kappa shape index (κ2) is 14.7. The maximum atomic E-state index is 6.46. The Labute approximate surface area is 305 Å². The molecule has 50 heavy (non-hydrogen) atoms. The first kappa shape index (κ1) is 35.2. The van der Waals surface area contributed by atoms with Crippen LogP contribution in [-0.2, 0) is 10.8 Å². The Morgan fingerprint density at radius 3 is 2.16 bits per heavy atom. The van der Waals surface area contributed by atoms with E-state index in [-0.39, 0.29) is 10.8 Å². The lowest BCUT2D eigenvalue weighted by Crippen LogP contribution is -2.28. The van der Waals surface area contributed by atoms with E-state index >= 15 is 0 Å². The number of halogens is 1. The van der Waals surface area contributed by atoms with Crippen LogP contribution < -0.4 is 9.80 Å². The van der Waals surface area contributed by atoms with E-state index in [1.807, 2.05) is 12.1 Å². The van der Waals surface area contributed by atoms with Crippen molar-refractivity contribution in [2.24, 2.45) is 4.99 Å². The number of anilines is 3. The van der Waals surface area contributed by atoms with Gasteiger partial charge in [-0.2, -0.15) is 0 Å². The Hall–Kier alpha value is -4.60.